The fourth-order valence-electron chi connectivity index (χ4n) is 5.43. The van der Waals surface area contributed by atoms with E-state index in [1.54, 1.807) is 0 Å². The number of anilines is 2. The van der Waals surface area contributed by atoms with E-state index in [1.165, 1.54) is 45.1 Å². The molecule has 4 aliphatic rings. The minimum absolute atomic E-state index is 0.0448. The molecule has 2 aromatic rings. The van der Waals surface area contributed by atoms with Crippen LogP contribution in [0.25, 0.3) is 0 Å². The number of allylic oxidation sites excluding steroid dienone is 10. The molecule has 2 unspecified atom stereocenters. The predicted octanol–water partition coefficient (Wildman–Crippen LogP) is 6.82. The Morgan fingerprint density at radius 3 is 2.19 bits per heavy atom. The molecule has 31 heavy (non-hydrogen) atoms. The molecule has 2 aromatic carbocycles. The quantitative estimate of drug-likeness (QED) is 0.544. The molecule has 0 radical (unpaired) electrons. The number of aryl methyl sites for hydroxylation is 1. The predicted molar refractivity (Wildman–Crippen MR) is 130 cm³/mol. The van der Waals surface area contributed by atoms with Gasteiger partial charge in [-0.2, -0.15) is 0 Å². The average Bonchev–Trinajstić information content (AvgIpc) is 3.48. The van der Waals surface area contributed by atoms with E-state index in [0.717, 1.165) is 0 Å². The molecule has 0 N–H and O–H groups in total. The first-order chi connectivity index (χ1) is 15.1. The number of rotatable bonds is 2. The number of hydrogen-bond donors (Lipinski definition) is 0. The van der Waals surface area contributed by atoms with E-state index in [9.17, 15) is 0 Å². The number of para-hydroxylation sites is 2. The minimum atomic E-state index is -0.0448. The fraction of sp³-hybridized carbons (Fsp3) is 0.172. The van der Waals surface area contributed by atoms with Gasteiger partial charge in [0, 0.05) is 11.4 Å². The van der Waals surface area contributed by atoms with Crippen LogP contribution in [0.3, 0.4) is 0 Å². The lowest BCUT2D eigenvalue weighted by atomic mass is 9.83. The summed E-state index contributed by atoms with van der Waals surface area (Å²) < 4.78 is 0. The Morgan fingerprint density at radius 2 is 1.42 bits per heavy atom. The van der Waals surface area contributed by atoms with Crippen LogP contribution in [-0.2, 0) is 0 Å². The topological polar surface area (TPSA) is 6.48 Å². The maximum absolute atomic E-state index is 2.50. The van der Waals surface area contributed by atoms with E-state index in [1.807, 2.05) is 0 Å². The van der Waals surface area contributed by atoms with Crippen molar-refractivity contribution in [3.63, 3.8) is 0 Å². The molecule has 0 saturated heterocycles. The molecule has 2 heteroatoms. The maximum atomic E-state index is 2.50. The van der Waals surface area contributed by atoms with Crippen LogP contribution < -0.4 is 9.80 Å². The summed E-state index contributed by atoms with van der Waals surface area (Å²) in [5.41, 5.74) is 10.4. The Balaban J connectivity index is 1.60. The van der Waals surface area contributed by atoms with Gasteiger partial charge in [0.1, 0.15) is 6.17 Å². The highest BCUT2D eigenvalue weighted by Gasteiger charge is 2.49. The summed E-state index contributed by atoms with van der Waals surface area (Å²) in [5, 5.41) is 0. The molecular formula is C29H26N2. The Hall–Kier alpha value is -3.52. The van der Waals surface area contributed by atoms with Gasteiger partial charge in [0.25, 0.3) is 0 Å². The number of hydrogen-bond acceptors (Lipinski definition) is 2. The van der Waals surface area contributed by atoms with Gasteiger partial charge in [-0.05, 0) is 67.8 Å². The van der Waals surface area contributed by atoms with Crippen molar-refractivity contribution in [3.05, 3.63) is 131 Å². The van der Waals surface area contributed by atoms with Gasteiger partial charge in [-0.1, -0.05) is 72.4 Å². The first kappa shape index (κ1) is 18.3. The molecule has 3 aliphatic carbocycles. The minimum Gasteiger partial charge on any atom is -0.319 e. The summed E-state index contributed by atoms with van der Waals surface area (Å²) in [5.74, 6) is 0. The summed E-state index contributed by atoms with van der Waals surface area (Å²) in [4.78, 5) is 4.98. The molecule has 1 spiro atoms. The van der Waals surface area contributed by atoms with Crippen LogP contribution in [0.15, 0.2) is 125 Å². The first-order valence-electron chi connectivity index (χ1n) is 11.0. The van der Waals surface area contributed by atoms with Crippen molar-refractivity contribution in [2.24, 2.45) is 5.41 Å². The molecule has 0 amide bonds. The molecule has 0 aromatic heterocycles. The van der Waals surface area contributed by atoms with Crippen LogP contribution >= 0.6 is 0 Å². The standard InChI is InChI=1S/C29H26N2/c1-20-11-7-10-16-26(20)31-22(3)30(25-14-5-4-6-15-25)28-18-23-12-8-9-13-24-19-29(23,24)21(2)17-27(28)31/h4-19,22H,1-3H3. The molecule has 6 rings (SSSR count). The van der Waals surface area contributed by atoms with Crippen molar-refractivity contribution in [1.29, 1.82) is 0 Å². The Labute approximate surface area is 184 Å². The highest BCUT2D eigenvalue weighted by Crippen LogP contribution is 2.60. The monoisotopic (exact) mass is 402 g/mol. The van der Waals surface area contributed by atoms with Gasteiger partial charge >= 0.3 is 0 Å². The van der Waals surface area contributed by atoms with Crippen LogP contribution in [0, 0.1) is 12.3 Å². The molecular weight excluding hydrogens is 376 g/mol. The summed E-state index contributed by atoms with van der Waals surface area (Å²) in [6.07, 6.45) is 16.3. The van der Waals surface area contributed by atoms with Crippen LogP contribution in [0.4, 0.5) is 11.4 Å². The third kappa shape index (κ3) is 2.51. The molecule has 1 heterocycles. The zero-order valence-corrected chi connectivity index (χ0v) is 18.2. The molecule has 152 valence electrons. The van der Waals surface area contributed by atoms with E-state index in [0.29, 0.717) is 0 Å². The maximum Gasteiger partial charge on any atom is 0.108 e. The largest absolute Gasteiger partial charge is 0.319 e. The van der Waals surface area contributed by atoms with Crippen molar-refractivity contribution >= 4 is 11.4 Å². The smallest absolute Gasteiger partial charge is 0.108 e. The first-order valence-corrected chi connectivity index (χ1v) is 11.0. The van der Waals surface area contributed by atoms with E-state index in [2.05, 4.69) is 128 Å². The van der Waals surface area contributed by atoms with Crippen LogP contribution in [-0.4, -0.2) is 6.17 Å². The SMILES string of the molecule is CC1=CC2=C(C=C3C=CC=CC4=CC134)N(c1ccccc1)C(C)N2c1ccccc1C. The third-order valence-electron chi connectivity index (χ3n) is 7.07. The highest BCUT2D eigenvalue weighted by atomic mass is 15.4. The van der Waals surface area contributed by atoms with Crippen molar-refractivity contribution in [2.45, 2.75) is 26.9 Å². The van der Waals surface area contributed by atoms with Crippen LogP contribution in [0.5, 0.6) is 0 Å². The van der Waals surface area contributed by atoms with Gasteiger partial charge < -0.3 is 9.80 Å². The Bertz CT molecular complexity index is 1270. The molecule has 0 fully saturated rings. The van der Waals surface area contributed by atoms with Crippen molar-refractivity contribution in [1.82, 2.24) is 0 Å². The lowest BCUT2D eigenvalue weighted by Gasteiger charge is -2.33. The highest BCUT2D eigenvalue weighted by molar-refractivity contribution is 5.77. The van der Waals surface area contributed by atoms with E-state index in [4.69, 9.17) is 0 Å². The van der Waals surface area contributed by atoms with Crippen LogP contribution in [0.1, 0.15) is 19.4 Å². The van der Waals surface area contributed by atoms with E-state index >= 15 is 0 Å². The van der Waals surface area contributed by atoms with Gasteiger partial charge in [0.05, 0.1) is 16.8 Å². The zero-order valence-electron chi connectivity index (χ0n) is 18.2. The molecule has 0 bridgehead atoms. The molecule has 0 saturated carbocycles. The molecule has 2 nitrogen and oxygen atoms in total. The Kier molecular flexibility index (Phi) is 3.82. The van der Waals surface area contributed by atoms with Gasteiger partial charge in [-0.3, -0.25) is 0 Å². The zero-order chi connectivity index (χ0) is 21.2. The molecule has 1 aliphatic heterocycles. The second-order valence-electron chi connectivity index (χ2n) is 8.82. The summed E-state index contributed by atoms with van der Waals surface area (Å²) in [7, 11) is 0. The lowest BCUT2D eigenvalue weighted by molar-refractivity contribution is 0.727. The summed E-state index contributed by atoms with van der Waals surface area (Å²) >= 11 is 0. The van der Waals surface area contributed by atoms with E-state index < -0.39 is 0 Å². The second kappa shape index (κ2) is 6.49. The average molecular weight is 403 g/mol. The summed E-state index contributed by atoms with van der Waals surface area (Å²) in [6, 6.07) is 19.5. The Morgan fingerprint density at radius 1 is 0.742 bits per heavy atom. The summed E-state index contributed by atoms with van der Waals surface area (Å²) in [6.45, 7) is 6.79. The number of nitrogens with zero attached hydrogens (tertiary/aromatic N) is 2. The third-order valence-corrected chi connectivity index (χ3v) is 7.07. The van der Waals surface area contributed by atoms with Crippen LogP contribution in [0.2, 0.25) is 0 Å². The molecule has 2 atom stereocenters. The second-order valence-corrected chi connectivity index (χ2v) is 8.82. The normalized spacial score (nSPS) is 25.8. The van der Waals surface area contributed by atoms with E-state index in [-0.39, 0.29) is 11.6 Å². The van der Waals surface area contributed by atoms with Gasteiger partial charge in [-0.25, -0.2) is 0 Å². The van der Waals surface area contributed by atoms with Crippen molar-refractivity contribution < 1.29 is 0 Å². The van der Waals surface area contributed by atoms with Crippen molar-refractivity contribution in [3.8, 4) is 0 Å². The fourth-order valence-corrected chi connectivity index (χ4v) is 5.43. The lowest BCUT2D eigenvalue weighted by Crippen LogP contribution is -2.38. The van der Waals surface area contributed by atoms with Gasteiger partial charge in [-0.15, -0.1) is 0 Å². The van der Waals surface area contributed by atoms with Gasteiger partial charge in [0.2, 0.25) is 0 Å². The van der Waals surface area contributed by atoms with Gasteiger partial charge in [0.15, 0.2) is 0 Å². The number of benzene rings is 2. The van der Waals surface area contributed by atoms with Crippen molar-refractivity contribution in [2.75, 3.05) is 9.80 Å².